The quantitative estimate of drug-likeness (QED) is 0.131. The molecule has 4 aliphatic carbocycles. The smallest absolute Gasteiger partial charge is 0.267 e. The van der Waals surface area contributed by atoms with E-state index in [4.69, 9.17) is 50.1 Å². The van der Waals surface area contributed by atoms with E-state index in [0.717, 1.165) is 25.9 Å². The maximum absolute atomic E-state index is 12.6. The average Bonchev–Trinajstić information content (AvgIpc) is 3.48. The lowest BCUT2D eigenvalue weighted by molar-refractivity contribution is -0.120. The van der Waals surface area contributed by atoms with E-state index in [9.17, 15) is 23.0 Å². The summed E-state index contributed by atoms with van der Waals surface area (Å²) in [6, 6.07) is 8.20. The van der Waals surface area contributed by atoms with Crippen molar-refractivity contribution in [1.82, 2.24) is 20.0 Å². The predicted octanol–water partition coefficient (Wildman–Crippen LogP) is 8.85. The van der Waals surface area contributed by atoms with E-state index in [0.29, 0.717) is 34.9 Å². The van der Waals surface area contributed by atoms with Gasteiger partial charge < -0.3 is 5.32 Å². The predicted molar refractivity (Wildman–Crippen MR) is 209 cm³/mol. The van der Waals surface area contributed by atoms with E-state index < -0.39 is 32.2 Å². The fourth-order valence-electron chi connectivity index (χ4n) is 9.25. The molecule has 4 saturated carbocycles. The van der Waals surface area contributed by atoms with Crippen molar-refractivity contribution in [2.24, 2.45) is 22.1 Å². The largest absolute Gasteiger partial charge is 0.351 e. The van der Waals surface area contributed by atoms with Gasteiger partial charge in [0.15, 0.2) is 5.82 Å². The zero-order chi connectivity index (χ0) is 37.7. The van der Waals surface area contributed by atoms with Gasteiger partial charge in [0.05, 0.1) is 39.2 Å². The lowest BCUT2D eigenvalue weighted by Gasteiger charge is -2.43. The Morgan fingerprint density at radius 3 is 2.13 bits per heavy atom. The molecule has 0 bridgehead atoms. The van der Waals surface area contributed by atoms with Gasteiger partial charge in [-0.3, -0.25) is 14.2 Å². The Morgan fingerprint density at radius 2 is 1.58 bits per heavy atom. The van der Waals surface area contributed by atoms with Gasteiger partial charge in [0, 0.05) is 31.6 Å². The van der Waals surface area contributed by atoms with Crippen LogP contribution in [0, 0.1) is 23.2 Å². The molecule has 0 spiro atoms. The number of rotatable bonds is 11. The summed E-state index contributed by atoms with van der Waals surface area (Å²) in [5, 5.41) is 25.6. The fraction of sp³-hybridized carbons (Fsp3) is 0.711. The van der Waals surface area contributed by atoms with Crippen LogP contribution in [0.15, 0.2) is 34.5 Å². The molecule has 1 aromatic heterocycles. The number of nitriles is 1. The molecule has 2 N–H and O–H groups in total. The van der Waals surface area contributed by atoms with Crippen molar-refractivity contribution in [3.05, 3.63) is 34.9 Å². The van der Waals surface area contributed by atoms with Crippen LogP contribution in [0.5, 0.6) is 0 Å². The summed E-state index contributed by atoms with van der Waals surface area (Å²) in [4.78, 5) is 15.4. The second-order valence-corrected chi connectivity index (χ2v) is 19.0. The van der Waals surface area contributed by atoms with Gasteiger partial charge in [-0.15, -0.1) is 28.3 Å². The highest BCUT2D eigenvalue weighted by Crippen LogP contribution is 2.44. The molecule has 1 heterocycles. The molecule has 1 amide bonds. The highest BCUT2D eigenvalue weighted by atomic mass is 35.5. The molecule has 53 heavy (non-hydrogen) atoms. The van der Waals surface area contributed by atoms with Crippen molar-refractivity contribution in [3.8, 4) is 17.3 Å². The number of carbonyl (C=O) groups excluding carboxylic acids is 1. The summed E-state index contributed by atoms with van der Waals surface area (Å²) in [6.45, 7) is 3.74. The molecule has 0 saturated heterocycles. The molecule has 1 aromatic carbocycles. The van der Waals surface area contributed by atoms with Crippen LogP contribution in [0.1, 0.15) is 115 Å². The van der Waals surface area contributed by atoms with E-state index >= 15 is 0 Å². The number of benzene rings is 1. The molecule has 5 unspecified atom stereocenters. The van der Waals surface area contributed by atoms with Crippen molar-refractivity contribution in [1.29, 1.82) is 5.26 Å². The Hall–Kier alpha value is -2.27. The van der Waals surface area contributed by atoms with Gasteiger partial charge in [-0.05, 0) is 75.7 Å². The van der Waals surface area contributed by atoms with Gasteiger partial charge in [-0.2, -0.15) is 23.9 Å². The zero-order valence-corrected chi connectivity index (χ0v) is 33.5. The molecule has 0 aliphatic heterocycles. The SMILES string of the molecule is CC(=O)NC1CC(N(CC2CCCCC2)CC2CCCCC2)CCC1N=Nc1c(C#N)c(-c2ccccc2Cl)nn1C1C(Cl)CC(S(=O)(=O)O)CC1Cl. The Bertz CT molecular complexity index is 1720. The van der Waals surface area contributed by atoms with Crippen molar-refractivity contribution in [2.75, 3.05) is 13.1 Å². The standard InChI is InChI=1S/C38H52Cl3N7O4S/c1-24(49)43-35-18-27(47(22-25-10-4-2-5-11-25)23-26-12-6-3-7-13-26)16-17-34(35)44-45-38-30(21-42)36(29-14-8-9-15-31(29)39)46-48(38)37-32(40)19-28(20-33(37)41)53(50,51)52/h8-9,14-15,25-28,32-35,37H,2-7,10-13,16-20,22-23H2,1H3,(H,43,49)(H,50,51,52). The maximum Gasteiger partial charge on any atom is 0.267 e. The summed E-state index contributed by atoms with van der Waals surface area (Å²) in [7, 11) is -4.38. The lowest BCUT2D eigenvalue weighted by Crippen LogP contribution is -2.53. The normalized spacial score (nSPS) is 29.3. The Balaban J connectivity index is 1.31. The van der Waals surface area contributed by atoms with E-state index in [1.165, 1.54) is 75.8 Å². The number of nitrogens with zero attached hydrogens (tertiary/aromatic N) is 6. The molecule has 4 fully saturated rings. The van der Waals surface area contributed by atoms with Gasteiger partial charge in [0.2, 0.25) is 5.91 Å². The first-order chi connectivity index (χ1) is 25.4. The minimum absolute atomic E-state index is 0.0686. The molecule has 15 heteroatoms. The monoisotopic (exact) mass is 807 g/mol. The van der Waals surface area contributed by atoms with Crippen molar-refractivity contribution < 1.29 is 17.8 Å². The highest BCUT2D eigenvalue weighted by molar-refractivity contribution is 7.86. The molecule has 5 atom stereocenters. The first-order valence-electron chi connectivity index (χ1n) is 19.4. The van der Waals surface area contributed by atoms with Crippen molar-refractivity contribution in [3.63, 3.8) is 0 Å². The highest BCUT2D eigenvalue weighted by Gasteiger charge is 2.44. The topological polar surface area (TPSA) is 153 Å². The maximum atomic E-state index is 12.6. The summed E-state index contributed by atoms with van der Waals surface area (Å²) in [5.74, 6) is 1.43. The summed E-state index contributed by atoms with van der Waals surface area (Å²) < 4.78 is 35.4. The van der Waals surface area contributed by atoms with Gasteiger partial charge in [-0.25, -0.2) is 4.68 Å². The Labute approximate surface area is 329 Å². The van der Waals surface area contributed by atoms with Crippen LogP contribution in [-0.2, 0) is 14.9 Å². The molecule has 290 valence electrons. The van der Waals surface area contributed by atoms with Crippen molar-refractivity contribution >= 4 is 56.6 Å². The van der Waals surface area contributed by atoms with E-state index in [1.54, 1.807) is 24.3 Å². The molecular weight excluding hydrogens is 757 g/mol. The summed E-state index contributed by atoms with van der Waals surface area (Å²) >= 11 is 20.2. The fourth-order valence-corrected chi connectivity index (χ4v) is 11.7. The number of aromatic nitrogens is 2. The minimum atomic E-state index is -4.38. The molecule has 2 aromatic rings. The number of alkyl halides is 2. The van der Waals surface area contributed by atoms with Crippen LogP contribution in [0.4, 0.5) is 5.82 Å². The number of hydrogen-bond donors (Lipinski definition) is 2. The first kappa shape index (κ1) is 40.4. The molecule has 11 nitrogen and oxygen atoms in total. The van der Waals surface area contributed by atoms with Gasteiger partial charge in [-0.1, -0.05) is 68.3 Å². The molecule has 6 rings (SSSR count). The molecule has 4 aliphatic rings. The number of hydrogen-bond acceptors (Lipinski definition) is 8. The Kier molecular flexibility index (Phi) is 13.8. The van der Waals surface area contributed by atoms with Crippen molar-refractivity contribution in [2.45, 2.75) is 143 Å². The van der Waals surface area contributed by atoms with Crippen LogP contribution in [-0.4, -0.2) is 80.8 Å². The van der Waals surface area contributed by atoms with Crippen LogP contribution >= 0.6 is 34.8 Å². The summed E-state index contributed by atoms with van der Waals surface area (Å²) in [5.41, 5.74) is 0.916. The van der Waals surface area contributed by atoms with E-state index in [-0.39, 0.29) is 47.9 Å². The number of nitrogens with one attached hydrogen (secondary N) is 1. The zero-order valence-electron chi connectivity index (χ0n) is 30.4. The second kappa shape index (κ2) is 18.1. The third-order valence-electron chi connectivity index (χ3n) is 12.0. The minimum Gasteiger partial charge on any atom is -0.351 e. The number of amides is 1. The van der Waals surface area contributed by atoms with Gasteiger partial charge in [0.25, 0.3) is 10.1 Å². The molecular formula is C38H52Cl3N7O4S. The third kappa shape index (κ3) is 9.95. The number of carbonyl (C=O) groups is 1. The lowest BCUT2D eigenvalue weighted by atomic mass is 9.82. The number of halogens is 3. The number of azo groups is 1. The second-order valence-electron chi connectivity index (χ2n) is 15.7. The van der Waals surface area contributed by atoms with Crippen LogP contribution in [0.2, 0.25) is 5.02 Å². The van der Waals surface area contributed by atoms with E-state index in [1.807, 2.05) is 0 Å². The van der Waals surface area contributed by atoms with Crippen LogP contribution in [0.3, 0.4) is 0 Å². The Morgan fingerprint density at radius 1 is 0.981 bits per heavy atom. The third-order valence-corrected chi connectivity index (χ3v) is 14.4. The summed E-state index contributed by atoms with van der Waals surface area (Å²) in [6.07, 6.45) is 15.3. The van der Waals surface area contributed by atoms with Gasteiger partial charge in [0.1, 0.15) is 17.3 Å². The first-order valence-corrected chi connectivity index (χ1v) is 22.1. The van der Waals surface area contributed by atoms with Crippen LogP contribution in [0.25, 0.3) is 11.3 Å². The average molecular weight is 809 g/mol. The van der Waals surface area contributed by atoms with Gasteiger partial charge >= 0.3 is 0 Å². The van der Waals surface area contributed by atoms with E-state index in [2.05, 4.69) is 16.3 Å². The molecule has 0 radical (unpaired) electrons. The van der Waals surface area contributed by atoms with Crippen LogP contribution < -0.4 is 5.32 Å².